The Balaban J connectivity index is 3.04. The molecule has 0 radical (unpaired) electrons. The molecule has 4 nitrogen and oxygen atoms in total. The maximum atomic E-state index is 11.7. The highest BCUT2D eigenvalue weighted by molar-refractivity contribution is 7.19. The highest BCUT2D eigenvalue weighted by atomic mass is 32.1. The molecule has 1 aromatic heterocycles. The summed E-state index contributed by atoms with van der Waals surface area (Å²) in [5, 5.41) is 3.95. The maximum absolute atomic E-state index is 11.7. The van der Waals surface area contributed by atoms with E-state index in [0.717, 1.165) is 10.6 Å². The van der Waals surface area contributed by atoms with E-state index in [0.29, 0.717) is 29.3 Å². The molecule has 0 aliphatic carbocycles. The highest BCUT2D eigenvalue weighted by Gasteiger charge is 2.20. The number of ketones is 1. The summed E-state index contributed by atoms with van der Waals surface area (Å²) in [5.41, 5.74) is 7.33. The number of thiophene rings is 1. The van der Waals surface area contributed by atoms with Gasteiger partial charge in [0.15, 0.2) is 11.5 Å². The van der Waals surface area contributed by atoms with Crippen molar-refractivity contribution in [3.05, 3.63) is 17.0 Å². The topological polar surface area (TPSA) is 64.4 Å². The van der Waals surface area contributed by atoms with Crippen LogP contribution in [0.4, 0.5) is 10.7 Å². The molecule has 0 saturated heterocycles. The van der Waals surface area contributed by atoms with Crippen molar-refractivity contribution in [2.75, 3.05) is 24.7 Å². The smallest absolute Gasteiger partial charge is 0.176 e. The van der Waals surface area contributed by atoms with Crippen LogP contribution in [0.15, 0.2) is 12.2 Å². The molecule has 0 bridgehead atoms. The number of carbonyl (C=O) groups is 1. The number of methoxy groups -OCH3 is 1. The lowest BCUT2D eigenvalue weighted by atomic mass is 10.2. The maximum Gasteiger partial charge on any atom is 0.176 e. The van der Waals surface area contributed by atoms with E-state index in [9.17, 15) is 4.79 Å². The van der Waals surface area contributed by atoms with Crippen LogP contribution in [0.25, 0.3) is 0 Å². The Morgan fingerprint density at radius 3 is 2.71 bits per heavy atom. The fraction of sp³-hybridized carbons (Fsp3) is 0.417. The zero-order valence-corrected chi connectivity index (χ0v) is 11.2. The van der Waals surface area contributed by atoms with Crippen LogP contribution in [0.5, 0.6) is 5.75 Å². The number of nitrogens with two attached hydrogens (primary N) is 1. The molecular formula is C12H18N2O2S. The van der Waals surface area contributed by atoms with Gasteiger partial charge in [0.2, 0.25) is 0 Å². The summed E-state index contributed by atoms with van der Waals surface area (Å²) in [5.74, 6) is 0.585. The molecule has 0 spiro atoms. The van der Waals surface area contributed by atoms with Crippen molar-refractivity contribution in [1.82, 2.24) is 0 Å². The first-order valence-corrected chi connectivity index (χ1v) is 6.20. The molecule has 17 heavy (non-hydrogen) atoms. The molecule has 1 aromatic rings. The predicted molar refractivity (Wildman–Crippen MR) is 73.2 cm³/mol. The van der Waals surface area contributed by atoms with E-state index in [4.69, 9.17) is 10.5 Å². The van der Waals surface area contributed by atoms with Gasteiger partial charge in [0, 0.05) is 13.0 Å². The number of nitrogen functional groups attached to an aromatic ring is 1. The van der Waals surface area contributed by atoms with Crippen molar-refractivity contribution in [1.29, 1.82) is 0 Å². The first-order valence-electron chi connectivity index (χ1n) is 5.38. The molecule has 1 heterocycles. The molecule has 1 rings (SSSR count). The van der Waals surface area contributed by atoms with Gasteiger partial charge in [-0.2, -0.15) is 0 Å². The van der Waals surface area contributed by atoms with E-state index in [2.05, 4.69) is 11.9 Å². The molecule has 0 aliphatic rings. The molecule has 0 aromatic carbocycles. The van der Waals surface area contributed by atoms with Crippen LogP contribution in [-0.2, 0) is 0 Å². The highest BCUT2D eigenvalue weighted by Crippen LogP contribution is 2.42. The van der Waals surface area contributed by atoms with Crippen LogP contribution in [0.1, 0.15) is 29.9 Å². The Kier molecular flexibility index (Phi) is 4.57. The number of Topliss-reactive ketones (excluding diaryl/α,β-unsaturated/α-hetero) is 1. The molecule has 0 unspecified atom stereocenters. The number of anilines is 2. The number of carbonyl (C=O) groups excluding carboxylic acids is 1. The fourth-order valence-electron chi connectivity index (χ4n) is 1.35. The summed E-state index contributed by atoms with van der Waals surface area (Å²) in [6, 6.07) is 0. The van der Waals surface area contributed by atoms with Gasteiger partial charge in [-0.05, 0) is 6.92 Å². The van der Waals surface area contributed by atoms with Crippen molar-refractivity contribution in [3.8, 4) is 5.75 Å². The molecule has 5 heteroatoms. The first-order chi connectivity index (χ1) is 8.01. The molecular weight excluding hydrogens is 236 g/mol. The van der Waals surface area contributed by atoms with E-state index < -0.39 is 0 Å². The molecule has 0 amide bonds. The van der Waals surface area contributed by atoms with Crippen LogP contribution < -0.4 is 15.8 Å². The first kappa shape index (κ1) is 13.6. The summed E-state index contributed by atoms with van der Waals surface area (Å²) >= 11 is 1.33. The number of ether oxygens (including phenoxy) is 1. The molecule has 94 valence electrons. The van der Waals surface area contributed by atoms with E-state index in [1.54, 1.807) is 7.11 Å². The minimum Gasteiger partial charge on any atom is -0.492 e. The van der Waals surface area contributed by atoms with Crippen LogP contribution in [0, 0.1) is 0 Å². The second-order valence-corrected chi connectivity index (χ2v) is 4.82. The van der Waals surface area contributed by atoms with Gasteiger partial charge in [0.1, 0.15) is 5.00 Å². The van der Waals surface area contributed by atoms with Gasteiger partial charge in [-0.15, -0.1) is 11.3 Å². The minimum absolute atomic E-state index is 0.0363. The van der Waals surface area contributed by atoms with Gasteiger partial charge in [-0.3, -0.25) is 4.79 Å². The lowest BCUT2D eigenvalue weighted by molar-refractivity contribution is 0.0992. The summed E-state index contributed by atoms with van der Waals surface area (Å²) in [6.45, 7) is 8.18. The average molecular weight is 254 g/mol. The van der Waals surface area contributed by atoms with Gasteiger partial charge in [0.25, 0.3) is 0 Å². The Morgan fingerprint density at radius 2 is 2.24 bits per heavy atom. The van der Waals surface area contributed by atoms with Crippen LogP contribution in [0.2, 0.25) is 0 Å². The molecule has 0 aliphatic heterocycles. The fourth-order valence-corrected chi connectivity index (χ4v) is 2.44. The van der Waals surface area contributed by atoms with Crippen molar-refractivity contribution >= 4 is 27.8 Å². The van der Waals surface area contributed by atoms with E-state index >= 15 is 0 Å². The Hall–Kier alpha value is -1.49. The third-order valence-electron chi connectivity index (χ3n) is 2.23. The molecule has 0 fully saturated rings. The van der Waals surface area contributed by atoms with Crippen LogP contribution >= 0.6 is 11.3 Å². The normalized spacial score (nSPS) is 10.1. The molecule has 3 N–H and O–H groups in total. The second-order valence-electron chi connectivity index (χ2n) is 3.79. The lowest BCUT2D eigenvalue weighted by Gasteiger charge is -2.06. The van der Waals surface area contributed by atoms with Crippen LogP contribution in [-0.4, -0.2) is 19.4 Å². The molecule has 0 saturated carbocycles. The number of nitrogens with one attached hydrogen (secondary N) is 1. The summed E-state index contributed by atoms with van der Waals surface area (Å²) in [7, 11) is 1.55. The Labute approximate surface area is 105 Å². The van der Waals surface area contributed by atoms with Crippen molar-refractivity contribution in [3.63, 3.8) is 0 Å². The monoisotopic (exact) mass is 254 g/mol. The molecule has 0 atom stereocenters. The number of hydrogen-bond donors (Lipinski definition) is 2. The van der Waals surface area contributed by atoms with E-state index in [1.165, 1.54) is 11.3 Å². The van der Waals surface area contributed by atoms with Gasteiger partial charge >= 0.3 is 0 Å². The van der Waals surface area contributed by atoms with Gasteiger partial charge in [0.05, 0.1) is 17.7 Å². The standard InChI is InChI=1S/C12H18N2O2S/c1-5-8(15)11-9(13)10(16-4)12(17-11)14-6-7(2)3/h14H,2,5-6,13H2,1,3-4H3. The van der Waals surface area contributed by atoms with Crippen molar-refractivity contribution in [2.24, 2.45) is 0 Å². The zero-order chi connectivity index (χ0) is 13.0. The summed E-state index contributed by atoms with van der Waals surface area (Å²) < 4.78 is 5.22. The van der Waals surface area contributed by atoms with E-state index in [-0.39, 0.29) is 5.78 Å². The number of hydrogen-bond acceptors (Lipinski definition) is 5. The predicted octanol–water partition coefficient (Wildman–Crippen LogP) is 2.92. The van der Waals surface area contributed by atoms with Gasteiger partial charge in [-0.25, -0.2) is 0 Å². The SMILES string of the molecule is C=C(C)CNc1sc(C(=O)CC)c(N)c1OC. The average Bonchev–Trinajstić information content (AvgIpc) is 2.62. The van der Waals surface area contributed by atoms with Gasteiger partial charge in [-0.1, -0.05) is 19.1 Å². The summed E-state index contributed by atoms with van der Waals surface area (Å²) in [4.78, 5) is 12.2. The third kappa shape index (κ3) is 3.00. The van der Waals surface area contributed by atoms with Crippen molar-refractivity contribution in [2.45, 2.75) is 20.3 Å². The quantitative estimate of drug-likeness (QED) is 0.605. The van der Waals surface area contributed by atoms with E-state index in [1.807, 2.05) is 13.8 Å². The second kappa shape index (κ2) is 5.72. The third-order valence-corrected chi connectivity index (χ3v) is 3.41. The lowest BCUT2D eigenvalue weighted by Crippen LogP contribution is -2.02. The Morgan fingerprint density at radius 1 is 1.59 bits per heavy atom. The zero-order valence-electron chi connectivity index (χ0n) is 10.4. The largest absolute Gasteiger partial charge is 0.492 e. The minimum atomic E-state index is 0.0363. The Bertz CT molecular complexity index is 438. The number of rotatable bonds is 6. The van der Waals surface area contributed by atoms with Gasteiger partial charge < -0.3 is 15.8 Å². The summed E-state index contributed by atoms with van der Waals surface area (Å²) in [6.07, 6.45) is 0.438. The van der Waals surface area contributed by atoms with Crippen molar-refractivity contribution < 1.29 is 9.53 Å². The van der Waals surface area contributed by atoms with Crippen LogP contribution in [0.3, 0.4) is 0 Å².